The fraction of sp³-hybridized carbons (Fsp3) is 0.381. The number of hydrogen-bond donors (Lipinski definition) is 1. The quantitative estimate of drug-likeness (QED) is 0.937. The van der Waals surface area contributed by atoms with Crippen LogP contribution in [0.15, 0.2) is 48.5 Å². The van der Waals surface area contributed by atoms with Gasteiger partial charge >= 0.3 is 0 Å². The molecule has 0 aromatic heterocycles. The van der Waals surface area contributed by atoms with Gasteiger partial charge in [0.25, 0.3) is 0 Å². The van der Waals surface area contributed by atoms with E-state index in [1.54, 1.807) is 4.90 Å². The number of carbonyl (C=O) groups is 1. The third-order valence-electron chi connectivity index (χ3n) is 4.96. The van der Waals surface area contributed by atoms with E-state index in [1.165, 1.54) is 22.3 Å². The Labute approximate surface area is 144 Å². The van der Waals surface area contributed by atoms with Crippen LogP contribution < -0.4 is 5.32 Å². The fourth-order valence-corrected chi connectivity index (χ4v) is 3.62. The van der Waals surface area contributed by atoms with Gasteiger partial charge in [-0.15, -0.1) is 0 Å². The molecule has 0 spiro atoms. The highest BCUT2D eigenvalue weighted by Crippen LogP contribution is 2.33. The Bertz CT molecular complexity index is 713. The molecule has 1 fully saturated rings. The van der Waals surface area contributed by atoms with E-state index in [0.29, 0.717) is 0 Å². The minimum absolute atomic E-state index is 0.230. The number of rotatable bonds is 4. The van der Waals surface area contributed by atoms with Gasteiger partial charge in [0.2, 0.25) is 5.91 Å². The predicted octanol–water partition coefficient (Wildman–Crippen LogP) is 3.27. The van der Waals surface area contributed by atoms with Gasteiger partial charge in [-0.3, -0.25) is 4.79 Å². The van der Waals surface area contributed by atoms with Crippen molar-refractivity contribution in [3.63, 3.8) is 0 Å². The molecule has 0 radical (unpaired) electrons. The molecule has 0 aliphatic carbocycles. The van der Waals surface area contributed by atoms with Crippen LogP contribution >= 0.6 is 0 Å². The number of hydrogen-bond acceptors (Lipinski definition) is 2. The third kappa shape index (κ3) is 3.36. The van der Waals surface area contributed by atoms with Gasteiger partial charge in [-0.25, -0.2) is 0 Å². The lowest BCUT2D eigenvalue weighted by Gasteiger charge is -2.30. The van der Waals surface area contributed by atoms with Gasteiger partial charge in [0.15, 0.2) is 0 Å². The number of benzene rings is 2. The van der Waals surface area contributed by atoms with Crippen molar-refractivity contribution in [1.82, 2.24) is 10.2 Å². The summed E-state index contributed by atoms with van der Waals surface area (Å²) in [5.41, 5.74) is 4.62. The highest BCUT2D eigenvalue weighted by Gasteiger charge is 2.42. The summed E-state index contributed by atoms with van der Waals surface area (Å²) in [6, 6.07) is 17.2. The molecule has 1 amide bonds. The Hall–Kier alpha value is -2.13. The second-order valence-corrected chi connectivity index (χ2v) is 7.15. The molecule has 1 atom stereocenters. The van der Waals surface area contributed by atoms with E-state index in [9.17, 15) is 4.79 Å². The van der Waals surface area contributed by atoms with Gasteiger partial charge in [0.05, 0.1) is 5.41 Å². The van der Waals surface area contributed by atoms with Crippen LogP contribution in [-0.4, -0.2) is 38.0 Å². The molecule has 1 saturated heterocycles. The van der Waals surface area contributed by atoms with E-state index in [2.05, 4.69) is 60.8 Å². The molecule has 3 heteroatoms. The highest BCUT2D eigenvalue weighted by molar-refractivity contribution is 5.83. The van der Waals surface area contributed by atoms with E-state index < -0.39 is 0 Å². The van der Waals surface area contributed by atoms with Crippen LogP contribution in [0, 0.1) is 12.3 Å². The third-order valence-corrected chi connectivity index (χ3v) is 4.96. The summed E-state index contributed by atoms with van der Waals surface area (Å²) in [4.78, 5) is 14.5. The lowest BCUT2D eigenvalue weighted by atomic mass is 9.79. The summed E-state index contributed by atoms with van der Waals surface area (Å²) in [5, 5.41) is 3.37. The Morgan fingerprint density at radius 3 is 2.50 bits per heavy atom. The molecule has 3 rings (SSSR count). The van der Waals surface area contributed by atoms with Crippen molar-refractivity contribution >= 4 is 5.91 Å². The molecule has 0 bridgehead atoms. The smallest absolute Gasteiger partial charge is 0.229 e. The molecular weight excluding hydrogens is 296 g/mol. The van der Waals surface area contributed by atoms with Crippen molar-refractivity contribution in [1.29, 1.82) is 0 Å². The van der Waals surface area contributed by atoms with E-state index in [1.807, 2.05) is 14.1 Å². The summed E-state index contributed by atoms with van der Waals surface area (Å²) in [5.74, 6) is 0.230. The van der Waals surface area contributed by atoms with Gasteiger partial charge in [0.1, 0.15) is 0 Å². The van der Waals surface area contributed by atoms with Crippen LogP contribution in [0.4, 0.5) is 0 Å². The number of carbonyl (C=O) groups excluding carboxylic acids is 1. The van der Waals surface area contributed by atoms with Crippen LogP contribution in [-0.2, 0) is 11.2 Å². The van der Waals surface area contributed by atoms with Crippen LogP contribution in [0.2, 0.25) is 0 Å². The molecule has 1 N–H and O–H groups in total. The van der Waals surface area contributed by atoms with Crippen molar-refractivity contribution < 1.29 is 4.79 Å². The van der Waals surface area contributed by atoms with Gasteiger partial charge in [-0.2, -0.15) is 0 Å². The van der Waals surface area contributed by atoms with E-state index in [0.717, 1.165) is 25.9 Å². The van der Waals surface area contributed by atoms with E-state index in [-0.39, 0.29) is 11.3 Å². The molecule has 2 aromatic carbocycles. The molecule has 0 saturated carbocycles. The molecule has 3 nitrogen and oxygen atoms in total. The molecular formula is C21H26N2O. The Balaban J connectivity index is 1.88. The lowest BCUT2D eigenvalue weighted by molar-refractivity contribution is -0.138. The van der Waals surface area contributed by atoms with Crippen LogP contribution in [0.25, 0.3) is 11.1 Å². The lowest BCUT2D eigenvalue weighted by Crippen LogP contribution is -2.43. The maximum absolute atomic E-state index is 12.7. The van der Waals surface area contributed by atoms with Crippen LogP contribution in [0.5, 0.6) is 0 Å². The number of aryl methyl sites for hydroxylation is 1. The largest absolute Gasteiger partial charge is 0.348 e. The zero-order chi connectivity index (χ0) is 17.2. The Morgan fingerprint density at radius 2 is 1.88 bits per heavy atom. The maximum Gasteiger partial charge on any atom is 0.229 e. The standard InChI is InChI=1S/C21H26N2O/c1-16-7-9-18(10-8-16)19-6-4-5-17(13-19)14-21(11-12-22-15-21)20(24)23(2)3/h4-10,13,22H,11-12,14-15H2,1-3H3. The first-order chi connectivity index (χ1) is 11.5. The van der Waals surface area contributed by atoms with Gasteiger partial charge in [0, 0.05) is 20.6 Å². The molecule has 2 aromatic rings. The number of amides is 1. The topological polar surface area (TPSA) is 32.3 Å². The second-order valence-electron chi connectivity index (χ2n) is 7.15. The van der Waals surface area contributed by atoms with Crippen molar-refractivity contribution in [2.45, 2.75) is 19.8 Å². The summed E-state index contributed by atoms with van der Waals surface area (Å²) in [7, 11) is 3.70. The molecule has 1 heterocycles. The Morgan fingerprint density at radius 1 is 1.12 bits per heavy atom. The van der Waals surface area contributed by atoms with Gasteiger partial charge in [-0.05, 0) is 43.0 Å². The first-order valence-electron chi connectivity index (χ1n) is 8.59. The summed E-state index contributed by atoms with van der Waals surface area (Å²) in [6.07, 6.45) is 1.69. The van der Waals surface area contributed by atoms with Gasteiger partial charge in [-0.1, -0.05) is 54.1 Å². The van der Waals surface area contributed by atoms with Crippen molar-refractivity contribution in [2.75, 3.05) is 27.2 Å². The van der Waals surface area contributed by atoms with Crippen LogP contribution in [0.1, 0.15) is 17.5 Å². The zero-order valence-corrected chi connectivity index (χ0v) is 14.8. The summed E-state index contributed by atoms with van der Waals surface area (Å²) in [6.45, 7) is 3.78. The van der Waals surface area contributed by atoms with Crippen LogP contribution in [0.3, 0.4) is 0 Å². The monoisotopic (exact) mass is 322 g/mol. The number of nitrogens with zero attached hydrogens (tertiary/aromatic N) is 1. The number of nitrogens with one attached hydrogen (secondary N) is 1. The SMILES string of the molecule is Cc1ccc(-c2cccc(CC3(C(=O)N(C)C)CCNC3)c2)cc1. The van der Waals surface area contributed by atoms with E-state index >= 15 is 0 Å². The summed E-state index contributed by atoms with van der Waals surface area (Å²) < 4.78 is 0. The highest BCUT2D eigenvalue weighted by atomic mass is 16.2. The Kier molecular flexibility index (Phi) is 4.72. The molecule has 1 aliphatic rings. The molecule has 1 aliphatic heterocycles. The summed E-state index contributed by atoms with van der Waals surface area (Å²) >= 11 is 0. The minimum atomic E-state index is -0.310. The van der Waals surface area contributed by atoms with Crippen molar-refractivity contribution in [2.24, 2.45) is 5.41 Å². The second kappa shape index (κ2) is 6.78. The van der Waals surface area contributed by atoms with Gasteiger partial charge < -0.3 is 10.2 Å². The van der Waals surface area contributed by atoms with Crippen molar-refractivity contribution in [3.05, 3.63) is 59.7 Å². The van der Waals surface area contributed by atoms with Crippen molar-refractivity contribution in [3.8, 4) is 11.1 Å². The normalized spacial score (nSPS) is 20.1. The fourth-order valence-electron chi connectivity index (χ4n) is 3.62. The zero-order valence-electron chi connectivity index (χ0n) is 14.8. The molecule has 126 valence electrons. The predicted molar refractivity (Wildman–Crippen MR) is 98.9 cm³/mol. The molecule has 1 unspecified atom stereocenters. The van der Waals surface area contributed by atoms with E-state index in [4.69, 9.17) is 0 Å². The first-order valence-corrected chi connectivity index (χ1v) is 8.59. The average molecular weight is 322 g/mol. The average Bonchev–Trinajstić information content (AvgIpc) is 3.04. The maximum atomic E-state index is 12.7. The first kappa shape index (κ1) is 16.7. The molecule has 24 heavy (non-hydrogen) atoms. The minimum Gasteiger partial charge on any atom is -0.348 e.